The standard InChI is InChI=1S/C38H49N3O14S/c1-21(42)39-31-33(53-24(4)45)32(52-23(3)44)30(19-50-22(2)43)54-36(31)56-20-29(35(48)51-18-26-11-9-8-10-12-26)40-34(47)28(41-37(49)55-38(5,6)7)17-25-13-15-27(46)16-14-25/h8-16,28-33,36,46H,17-20H2,1-7H3,(H,39,42)(H,40,47)(H,41,49)/t28-,29-,30+,31+,32-,33+,36+/m0/s1. The summed E-state index contributed by atoms with van der Waals surface area (Å²) < 4.78 is 33.4. The van der Waals surface area contributed by atoms with E-state index >= 15 is 0 Å². The minimum Gasteiger partial charge on any atom is -0.508 e. The molecule has 1 aliphatic rings. The first-order valence-electron chi connectivity index (χ1n) is 17.6. The van der Waals surface area contributed by atoms with Crippen molar-refractivity contribution in [3.8, 4) is 5.75 Å². The summed E-state index contributed by atoms with van der Waals surface area (Å²) in [6.45, 7) is 8.94. The SMILES string of the molecule is CC(=O)N[C@@H]1[C@@H](OC(C)=O)[C@@H](OC(C)=O)[C@@H](COC(C)=O)O[C@@H]1SC[C@H](NC(=O)[C@H](Cc1ccc(O)cc1)NC(=O)OC(C)(C)C)C(=O)OCc1ccccc1. The minimum absolute atomic E-state index is 0.0131. The normalized spacial score (nSPS) is 20.2. The lowest BCUT2D eigenvalue weighted by molar-refractivity contribution is -0.211. The van der Waals surface area contributed by atoms with Crippen LogP contribution in [0.25, 0.3) is 0 Å². The van der Waals surface area contributed by atoms with E-state index in [9.17, 15) is 38.7 Å². The van der Waals surface area contributed by atoms with Crippen LogP contribution in [0.1, 0.15) is 59.6 Å². The number of rotatable bonds is 16. The van der Waals surface area contributed by atoms with E-state index in [1.165, 1.54) is 19.1 Å². The van der Waals surface area contributed by atoms with E-state index in [0.29, 0.717) is 11.1 Å². The van der Waals surface area contributed by atoms with Gasteiger partial charge < -0.3 is 49.5 Å². The molecule has 4 N–H and O–H groups in total. The summed E-state index contributed by atoms with van der Waals surface area (Å²) in [7, 11) is 0. The highest BCUT2D eigenvalue weighted by atomic mass is 32.2. The lowest BCUT2D eigenvalue weighted by Gasteiger charge is -2.45. The molecule has 0 aromatic heterocycles. The van der Waals surface area contributed by atoms with Crippen LogP contribution in [0.15, 0.2) is 54.6 Å². The summed E-state index contributed by atoms with van der Waals surface area (Å²) in [5.74, 6) is -4.77. The van der Waals surface area contributed by atoms with Crippen LogP contribution in [0.2, 0.25) is 0 Å². The summed E-state index contributed by atoms with van der Waals surface area (Å²) in [4.78, 5) is 89.3. The van der Waals surface area contributed by atoms with Crippen LogP contribution in [-0.4, -0.2) is 107 Å². The number of alkyl carbamates (subject to hydrolysis) is 1. The van der Waals surface area contributed by atoms with Crippen molar-refractivity contribution in [2.45, 2.75) is 109 Å². The molecule has 1 aliphatic heterocycles. The second-order valence-electron chi connectivity index (χ2n) is 13.8. The number of benzene rings is 2. The molecule has 3 rings (SSSR count). The Morgan fingerprint density at radius 1 is 0.786 bits per heavy atom. The van der Waals surface area contributed by atoms with Crippen LogP contribution in [0.3, 0.4) is 0 Å². The first kappa shape index (κ1) is 45.0. The molecule has 7 atom stereocenters. The molecular weight excluding hydrogens is 754 g/mol. The monoisotopic (exact) mass is 803 g/mol. The Morgan fingerprint density at radius 2 is 1.41 bits per heavy atom. The van der Waals surface area contributed by atoms with Gasteiger partial charge in [0.05, 0.1) is 0 Å². The second-order valence-corrected chi connectivity index (χ2v) is 14.9. The van der Waals surface area contributed by atoms with Gasteiger partial charge in [0.15, 0.2) is 12.2 Å². The summed E-state index contributed by atoms with van der Waals surface area (Å²) in [5.41, 5.74) is -0.848. The van der Waals surface area contributed by atoms with Crippen LogP contribution in [-0.2, 0) is 70.2 Å². The third-order valence-electron chi connectivity index (χ3n) is 7.71. The Balaban J connectivity index is 1.98. The summed E-state index contributed by atoms with van der Waals surface area (Å²) in [5, 5.41) is 17.6. The molecule has 3 amide bonds. The Morgan fingerprint density at radius 3 is 1.98 bits per heavy atom. The van der Waals surface area contributed by atoms with E-state index in [4.69, 9.17) is 28.4 Å². The molecule has 56 heavy (non-hydrogen) atoms. The molecule has 306 valence electrons. The van der Waals surface area contributed by atoms with Gasteiger partial charge in [-0.2, -0.15) is 0 Å². The molecule has 0 saturated carbocycles. The number of nitrogens with one attached hydrogen (secondary N) is 3. The van der Waals surface area contributed by atoms with Gasteiger partial charge in [-0.05, 0) is 44.0 Å². The smallest absolute Gasteiger partial charge is 0.408 e. The van der Waals surface area contributed by atoms with Gasteiger partial charge in [-0.1, -0.05) is 42.5 Å². The molecule has 18 heteroatoms. The number of thioether (sulfide) groups is 1. The van der Waals surface area contributed by atoms with E-state index in [2.05, 4.69) is 16.0 Å². The summed E-state index contributed by atoms with van der Waals surface area (Å²) >= 11 is 0.912. The maximum atomic E-state index is 14.0. The fourth-order valence-corrected chi connectivity index (χ4v) is 6.67. The third-order valence-corrected chi connectivity index (χ3v) is 8.97. The van der Waals surface area contributed by atoms with Crippen molar-refractivity contribution in [2.75, 3.05) is 12.4 Å². The molecule has 1 heterocycles. The van der Waals surface area contributed by atoms with Gasteiger partial charge in [-0.3, -0.25) is 24.0 Å². The predicted octanol–water partition coefficient (Wildman–Crippen LogP) is 2.45. The van der Waals surface area contributed by atoms with Gasteiger partial charge in [-0.25, -0.2) is 9.59 Å². The molecule has 2 aromatic rings. The van der Waals surface area contributed by atoms with Crippen molar-refractivity contribution >= 4 is 53.5 Å². The molecular formula is C38H49N3O14S. The number of esters is 4. The van der Waals surface area contributed by atoms with Crippen molar-refractivity contribution in [3.63, 3.8) is 0 Å². The fraction of sp³-hybridized carbons (Fsp3) is 0.500. The highest BCUT2D eigenvalue weighted by molar-refractivity contribution is 7.99. The van der Waals surface area contributed by atoms with Gasteiger partial charge in [0.2, 0.25) is 11.8 Å². The zero-order chi connectivity index (χ0) is 41.6. The molecule has 0 aliphatic carbocycles. The number of phenolic OH excluding ortho intramolecular Hbond substituents is 1. The fourth-order valence-electron chi connectivity index (χ4n) is 5.42. The highest BCUT2D eigenvalue weighted by Crippen LogP contribution is 2.33. The summed E-state index contributed by atoms with van der Waals surface area (Å²) in [6, 6.07) is 10.8. The maximum absolute atomic E-state index is 14.0. The number of carbonyl (C=O) groups is 7. The number of carbonyl (C=O) groups excluding carboxylic acids is 7. The molecule has 2 aromatic carbocycles. The largest absolute Gasteiger partial charge is 0.508 e. The van der Waals surface area contributed by atoms with Crippen LogP contribution < -0.4 is 16.0 Å². The Labute approximate surface area is 328 Å². The topological polar surface area (TPSA) is 231 Å². The van der Waals surface area contributed by atoms with Gasteiger partial charge in [0.25, 0.3) is 0 Å². The number of phenols is 1. The highest BCUT2D eigenvalue weighted by Gasteiger charge is 2.51. The van der Waals surface area contributed by atoms with E-state index in [0.717, 1.165) is 32.5 Å². The molecule has 1 fully saturated rings. The van der Waals surface area contributed by atoms with Gasteiger partial charge in [0, 0.05) is 39.9 Å². The van der Waals surface area contributed by atoms with Crippen LogP contribution in [0, 0.1) is 0 Å². The van der Waals surface area contributed by atoms with Crippen molar-refractivity contribution in [1.82, 2.24) is 16.0 Å². The lowest BCUT2D eigenvalue weighted by Crippen LogP contribution is -2.65. The Bertz CT molecular complexity index is 1680. The van der Waals surface area contributed by atoms with Crippen LogP contribution >= 0.6 is 11.8 Å². The number of amides is 3. The van der Waals surface area contributed by atoms with Crippen LogP contribution in [0.4, 0.5) is 4.79 Å². The predicted molar refractivity (Wildman–Crippen MR) is 200 cm³/mol. The number of hydrogen-bond donors (Lipinski definition) is 4. The quantitative estimate of drug-likeness (QED) is 0.141. The number of aromatic hydroxyl groups is 1. The van der Waals surface area contributed by atoms with Crippen molar-refractivity contribution in [1.29, 1.82) is 0 Å². The van der Waals surface area contributed by atoms with E-state index < -0.39 is 95.9 Å². The van der Waals surface area contributed by atoms with E-state index in [-0.39, 0.29) is 24.5 Å². The minimum atomic E-state index is -1.41. The van der Waals surface area contributed by atoms with Crippen molar-refractivity contribution in [3.05, 3.63) is 65.7 Å². The zero-order valence-electron chi connectivity index (χ0n) is 32.2. The second kappa shape index (κ2) is 21.1. The average molecular weight is 804 g/mol. The zero-order valence-corrected chi connectivity index (χ0v) is 33.0. The maximum Gasteiger partial charge on any atom is 0.408 e. The van der Waals surface area contributed by atoms with Crippen molar-refractivity contribution in [2.24, 2.45) is 0 Å². The van der Waals surface area contributed by atoms with Gasteiger partial charge in [0.1, 0.15) is 54.2 Å². The average Bonchev–Trinajstić information content (AvgIpc) is 3.10. The first-order valence-corrected chi connectivity index (χ1v) is 18.7. The molecule has 1 saturated heterocycles. The van der Waals surface area contributed by atoms with Crippen LogP contribution in [0.5, 0.6) is 5.75 Å². The third kappa shape index (κ3) is 15.4. The molecule has 0 unspecified atom stereocenters. The van der Waals surface area contributed by atoms with Gasteiger partial charge in [-0.15, -0.1) is 11.8 Å². The number of ether oxygens (including phenoxy) is 6. The molecule has 0 bridgehead atoms. The molecule has 0 spiro atoms. The molecule has 17 nitrogen and oxygen atoms in total. The van der Waals surface area contributed by atoms with Gasteiger partial charge >= 0.3 is 30.0 Å². The van der Waals surface area contributed by atoms with E-state index in [1.54, 1.807) is 63.2 Å². The number of hydrogen-bond acceptors (Lipinski definition) is 15. The summed E-state index contributed by atoms with van der Waals surface area (Å²) in [6.07, 6.45) is -4.87. The van der Waals surface area contributed by atoms with E-state index in [1.807, 2.05) is 0 Å². The van der Waals surface area contributed by atoms with Crippen molar-refractivity contribution < 1.29 is 67.1 Å². The first-order chi connectivity index (χ1) is 26.3. The molecule has 0 radical (unpaired) electrons. The Hall–Kier alpha value is -5.36. The lowest BCUT2D eigenvalue weighted by atomic mass is 9.97. The Kier molecular flexibility index (Phi) is 17.0.